The van der Waals surface area contributed by atoms with E-state index in [2.05, 4.69) is 31.4 Å². The van der Waals surface area contributed by atoms with Crippen molar-refractivity contribution in [2.75, 3.05) is 11.9 Å². The number of fused-ring (bicyclic) bond motifs is 1. The van der Waals surface area contributed by atoms with E-state index in [1.54, 1.807) is 36.4 Å². The first kappa shape index (κ1) is 23.0. The monoisotopic (exact) mass is 458 g/mol. The Hall–Kier alpha value is -4.13. The molecule has 1 heterocycles. The maximum Gasteiger partial charge on any atom is 0.262 e. The van der Waals surface area contributed by atoms with Crippen molar-refractivity contribution < 1.29 is 23.9 Å². The van der Waals surface area contributed by atoms with E-state index < -0.39 is 11.8 Å². The highest BCUT2D eigenvalue weighted by Crippen LogP contribution is 2.29. The van der Waals surface area contributed by atoms with Crippen molar-refractivity contribution in [1.29, 1.82) is 0 Å². The minimum atomic E-state index is -0.449. The number of carbonyl (C=O) groups excluding carboxylic acids is 3. The number of carbonyl (C=O) groups is 3. The van der Waals surface area contributed by atoms with E-state index >= 15 is 0 Å². The fraction of sp³-hybridized carbons (Fsp3) is 0.222. The van der Waals surface area contributed by atoms with Crippen LogP contribution in [0.3, 0.4) is 0 Å². The molecule has 4 rings (SSSR count). The zero-order chi connectivity index (χ0) is 24.3. The summed E-state index contributed by atoms with van der Waals surface area (Å²) in [5.41, 5.74) is 2.45. The third-order valence-electron chi connectivity index (χ3n) is 5.95. The van der Waals surface area contributed by atoms with Gasteiger partial charge in [-0.3, -0.25) is 19.7 Å². The van der Waals surface area contributed by atoms with Gasteiger partial charge in [-0.15, -0.1) is 0 Å². The Morgan fingerprint density at radius 2 is 1.56 bits per heavy atom. The van der Waals surface area contributed by atoms with E-state index in [1.807, 2.05) is 24.3 Å². The number of benzene rings is 3. The van der Waals surface area contributed by atoms with Gasteiger partial charge in [0.2, 0.25) is 0 Å². The second-order valence-electron chi connectivity index (χ2n) is 8.72. The van der Waals surface area contributed by atoms with Gasteiger partial charge in [0, 0.05) is 11.8 Å². The summed E-state index contributed by atoms with van der Waals surface area (Å²) >= 11 is 0. The largest absolute Gasteiger partial charge is 0.484 e. The summed E-state index contributed by atoms with van der Waals surface area (Å²) in [4.78, 5) is 35.9. The molecule has 0 radical (unpaired) electrons. The van der Waals surface area contributed by atoms with Gasteiger partial charge in [-0.05, 0) is 59.9 Å². The van der Waals surface area contributed by atoms with Crippen molar-refractivity contribution in [2.24, 2.45) is 0 Å². The van der Waals surface area contributed by atoms with Gasteiger partial charge < -0.3 is 14.8 Å². The molecule has 1 aliphatic heterocycles. The lowest BCUT2D eigenvalue weighted by atomic mass is 9.82. The molecule has 0 fully saturated rings. The molecule has 34 heavy (non-hydrogen) atoms. The average molecular weight is 459 g/mol. The van der Waals surface area contributed by atoms with E-state index in [0.717, 1.165) is 6.42 Å². The van der Waals surface area contributed by atoms with Crippen LogP contribution in [0, 0.1) is 0 Å². The molecule has 3 amide bonds. The second-order valence-corrected chi connectivity index (χ2v) is 8.72. The predicted octanol–water partition coefficient (Wildman–Crippen LogP) is 5.07. The van der Waals surface area contributed by atoms with Crippen molar-refractivity contribution in [1.82, 2.24) is 5.32 Å². The number of nitrogens with one attached hydrogen (secondary N) is 2. The molecule has 0 bridgehead atoms. The summed E-state index contributed by atoms with van der Waals surface area (Å²) in [6, 6.07) is 19.3. The van der Waals surface area contributed by atoms with Gasteiger partial charge in [0.1, 0.15) is 17.2 Å². The zero-order valence-electron chi connectivity index (χ0n) is 19.3. The Kier molecular flexibility index (Phi) is 6.36. The second kappa shape index (κ2) is 9.39. The normalized spacial score (nSPS) is 12.7. The zero-order valence-corrected chi connectivity index (χ0v) is 19.3. The summed E-state index contributed by atoms with van der Waals surface area (Å²) < 4.78 is 11.4. The molecule has 1 aliphatic rings. The summed E-state index contributed by atoms with van der Waals surface area (Å²) in [5.74, 6) is 0.335. The Morgan fingerprint density at radius 1 is 0.882 bits per heavy atom. The van der Waals surface area contributed by atoms with Crippen LogP contribution < -0.4 is 20.1 Å². The molecular formula is C27H26N2O5. The highest BCUT2D eigenvalue weighted by atomic mass is 16.5. The standard InChI is InChI=1S/C27H26N2O5/c1-4-27(2,3)17-8-10-19(11-9-17)33-16-24(30)28-18-6-5-7-20(14-18)34-21-12-13-22-23(15-21)26(32)29-25(22)31/h5-15H,4,16H2,1-3H3,(H,28,30)(H,29,31,32). The van der Waals surface area contributed by atoms with Gasteiger partial charge in [-0.25, -0.2) is 0 Å². The number of rotatable bonds is 8. The maximum atomic E-state index is 12.4. The molecule has 3 aromatic rings. The molecule has 7 heteroatoms. The van der Waals surface area contributed by atoms with Crippen LogP contribution in [0.5, 0.6) is 17.2 Å². The van der Waals surface area contributed by atoms with Gasteiger partial charge in [0.15, 0.2) is 6.61 Å². The van der Waals surface area contributed by atoms with Crippen LogP contribution in [0.15, 0.2) is 66.7 Å². The van der Waals surface area contributed by atoms with Gasteiger partial charge in [0.25, 0.3) is 17.7 Å². The molecule has 0 saturated heterocycles. The van der Waals surface area contributed by atoms with Gasteiger partial charge in [-0.2, -0.15) is 0 Å². The summed E-state index contributed by atoms with van der Waals surface area (Å²) in [6.45, 7) is 6.41. The number of ether oxygens (including phenoxy) is 2. The highest BCUT2D eigenvalue weighted by Gasteiger charge is 2.27. The lowest BCUT2D eigenvalue weighted by Gasteiger charge is -2.23. The lowest BCUT2D eigenvalue weighted by molar-refractivity contribution is -0.118. The van der Waals surface area contributed by atoms with Crippen LogP contribution in [0.25, 0.3) is 0 Å². The van der Waals surface area contributed by atoms with Crippen molar-refractivity contribution in [2.45, 2.75) is 32.6 Å². The summed E-state index contributed by atoms with van der Waals surface area (Å²) in [6.07, 6.45) is 1.03. The van der Waals surface area contributed by atoms with Crippen molar-refractivity contribution in [3.8, 4) is 17.2 Å². The van der Waals surface area contributed by atoms with E-state index in [4.69, 9.17) is 9.47 Å². The molecule has 0 aliphatic carbocycles. The lowest BCUT2D eigenvalue weighted by Crippen LogP contribution is -2.20. The molecule has 0 spiro atoms. The third-order valence-corrected chi connectivity index (χ3v) is 5.95. The number of hydrogen-bond donors (Lipinski definition) is 2. The summed E-state index contributed by atoms with van der Waals surface area (Å²) in [5, 5.41) is 5.03. The molecule has 0 atom stereocenters. The third kappa shape index (κ3) is 5.09. The quantitative estimate of drug-likeness (QED) is 0.460. The predicted molar refractivity (Wildman–Crippen MR) is 129 cm³/mol. The first-order valence-electron chi connectivity index (χ1n) is 11.1. The summed E-state index contributed by atoms with van der Waals surface area (Å²) in [7, 11) is 0. The molecule has 0 saturated carbocycles. The van der Waals surface area contributed by atoms with Crippen LogP contribution in [-0.4, -0.2) is 24.3 Å². The van der Waals surface area contributed by atoms with Crippen molar-refractivity contribution in [3.05, 3.63) is 83.4 Å². The van der Waals surface area contributed by atoms with E-state index in [-0.39, 0.29) is 23.5 Å². The van der Waals surface area contributed by atoms with Crippen LogP contribution in [0.4, 0.5) is 5.69 Å². The smallest absolute Gasteiger partial charge is 0.262 e. The van der Waals surface area contributed by atoms with Gasteiger partial charge >= 0.3 is 0 Å². The van der Waals surface area contributed by atoms with Crippen LogP contribution in [0.2, 0.25) is 0 Å². The number of anilines is 1. The molecule has 7 nitrogen and oxygen atoms in total. The van der Waals surface area contributed by atoms with E-state index in [1.165, 1.54) is 11.6 Å². The van der Waals surface area contributed by atoms with Gasteiger partial charge in [0.05, 0.1) is 11.1 Å². The Labute approximate surface area is 198 Å². The minimum absolute atomic E-state index is 0.0899. The molecule has 3 aromatic carbocycles. The van der Waals surface area contributed by atoms with Crippen molar-refractivity contribution >= 4 is 23.4 Å². The number of imide groups is 1. The average Bonchev–Trinajstić information content (AvgIpc) is 3.11. The first-order valence-corrected chi connectivity index (χ1v) is 11.1. The minimum Gasteiger partial charge on any atom is -0.484 e. The van der Waals surface area contributed by atoms with Crippen LogP contribution in [0.1, 0.15) is 53.5 Å². The number of amides is 3. The molecule has 174 valence electrons. The highest BCUT2D eigenvalue weighted by molar-refractivity contribution is 6.21. The van der Waals surface area contributed by atoms with E-state index in [9.17, 15) is 14.4 Å². The van der Waals surface area contributed by atoms with E-state index in [0.29, 0.717) is 28.5 Å². The molecule has 0 aromatic heterocycles. The van der Waals surface area contributed by atoms with Crippen LogP contribution >= 0.6 is 0 Å². The Morgan fingerprint density at radius 3 is 2.29 bits per heavy atom. The first-order chi connectivity index (χ1) is 16.2. The Bertz CT molecular complexity index is 1250. The molecule has 0 unspecified atom stereocenters. The fourth-order valence-electron chi connectivity index (χ4n) is 3.54. The Balaban J connectivity index is 1.34. The van der Waals surface area contributed by atoms with Crippen LogP contribution in [-0.2, 0) is 10.2 Å². The fourth-order valence-corrected chi connectivity index (χ4v) is 3.54. The molecule has 2 N–H and O–H groups in total. The number of hydrogen-bond acceptors (Lipinski definition) is 5. The van der Waals surface area contributed by atoms with Gasteiger partial charge in [-0.1, -0.05) is 39.0 Å². The molecular weight excluding hydrogens is 432 g/mol. The SMILES string of the molecule is CCC(C)(C)c1ccc(OCC(=O)Nc2cccc(Oc3ccc4c(c3)C(=O)NC4=O)c2)cc1. The van der Waals surface area contributed by atoms with Crippen molar-refractivity contribution in [3.63, 3.8) is 0 Å². The topological polar surface area (TPSA) is 93.7 Å². The maximum absolute atomic E-state index is 12.4.